The molecule has 0 aromatic carbocycles. The van der Waals surface area contributed by atoms with Gasteiger partial charge in [-0.25, -0.2) is 0 Å². The monoisotopic (exact) mass is 262 g/mol. The number of hydrogen-bond donors (Lipinski definition) is 0. The molecule has 19 heavy (non-hydrogen) atoms. The zero-order valence-corrected chi connectivity index (χ0v) is 12.4. The van der Waals surface area contributed by atoms with Gasteiger partial charge in [-0.3, -0.25) is 4.79 Å². The molecule has 0 radical (unpaired) electrons. The van der Waals surface area contributed by atoms with Crippen molar-refractivity contribution in [3.8, 4) is 0 Å². The number of fused-ring (bicyclic) bond motifs is 3. The first-order chi connectivity index (χ1) is 9.00. The first-order valence-corrected chi connectivity index (χ1v) is 7.89. The van der Waals surface area contributed by atoms with Crippen molar-refractivity contribution in [3.05, 3.63) is 11.6 Å². The molecule has 2 heteroatoms. The summed E-state index contributed by atoms with van der Waals surface area (Å²) in [6.45, 7) is 6.72. The van der Waals surface area contributed by atoms with E-state index < -0.39 is 0 Å². The third-order valence-electron chi connectivity index (χ3n) is 5.72. The van der Waals surface area contributed by atoms with Crippen LogP contribution >= 0.6 is 0 Å². The van der Waals surface area contributed by atoms with E-state index in [1.54, 1.807) is 0 Å². The summed E-state index contributed by atoms with van der Waals surface area (Å²) in [6.07, 6.45) is 9.36. The molecule has 0 aromatic rings. The number of carbonyl (C=O) groups excluding carboxylic acids is 1. The van der Waals surface area contributed by atoms with Crippen molar-refractivity contribution >= 4 is 5.78 Å². The smallest absolute Gasteiger partial charge is 0.155 e. The van der Waals surface area contributed by atoms with Crippen molar-refractivity contribution in [2.75, 3.05) is 0 Å². The summed E-state index contributed by atoms with van der Waals surface area (Å²) < 4.78 is 6.20. The van der Waals surface area contributed by atoms with Gasteiger partial charge in [0.25, 0.3) is 0 Å². The molecule has 0 spiro atoms. The van der Waals surface area contributed by atoms with Crippen molar-refractivity contribution in [2.24, 2.45) is 17.3 Å². The summed E-state index contributed by atoms with van der Waals surface area (Å²) >= 11 is 0. The summed E-state index contributed by atoms with van der Waals surface area (Å²) in [5, 5.41) is 0. The highest BCUT2D eigenvalue weighted by molar-refractivity contribution is 5.91. The normalized spacial score (nSPS) is 42.0. The van der Waals surface area contributed by atoms with Gasteiger partial charge in [-0.1, -0.05) is 12.5 Å². The Morgan fingerprint density at radius 3 is 2.79 bits per heavy atom. The SMILES string of the molecule is CC(C)OC1CCC2C3CCC(=O)C=C3CCC12C. The highest BCUT2D eigenvalue weighted by Gasteiger charge is 2.53. The lowest BCUT2D eigenvalue weighted by Gasteiger charge is -2.47. The predicted octanol–water partition coefficient (Wildman–Crippen LogP) is 3.90. The van der Waals surface area contributed by atoms with Gasteiger partial charge in [-0.2, -0.15) is 0 Å². The van der Waals surface area contributed by atoms with E-state index in [0.717, 1.165) is 25.2 Å². The zero-order valence-electron chi connectivity index (χ0n) is 12.4. The average molecular weight is 262 g/mol. The predicted molar refractivity (Wildman–Crippen MR) is 75.9 cm³/mol. The molecule has 2 saturated carbocycles. The van der Waals surface area contributed by atoms with Crippen molar-refractivity contribution < 1.29 is 9.53 Å². The van der Waals surface area contributed by atoms with Gasteiger partial charge >= 0.3 is 0 Å². The average Bonchev–Trinajstić information content (AvgIpc) is 2.66. The van der Waals surface area contributed by atoms with Gasteiger partial charge < -0.3 is 4.74 Å². The van der Waals surface area contributed by atoms with Gasteiger partial charge in [0.2, 0.25) is 0 Å². The molecule has 4 atom stereocenters. The minimum atomic E-state index is 0.324. The summed E-state index contributed by atoms with van der Waals surface area (Å²) in [5.41, 5.74) is 1.79. The van der Waals surface area contributed by atoms with Crippen LogP contribution < -0.4 is 0 Å². The number of carbonyl (C=O) groups is 1. The van der Waals surface area contributed by atoms with E-state index in [-0.39, 0.29) is 0 Å². The molecule has 0 aliphatic heterocycles. The van der Waals surface area contributed by atoms with Crippen LogP contribution in [0.25, 0.3) is 0 Å². The maximum atomic E-state index is 11.6. The zero-order chi connectivity index (χ0) is 13.6. The van der Waals surface area contributed by atoms with Gasteiger partial charge in [0.1, 0.15) is 0 Å². The molecule has 2 nitrogen and oxygen atoms in total. The van der Waals surface area contributed by atoms with Crippen LogP contribution in [-0.4, -0.2) is 18.0 Å². The highest BCUT2D eigenvalue weighted by atomic mass is 16.5. The first-order valence-electron chi connectivity index (χ1n) is 7.89. The Hall–Kier alpha value is -0.630. The minimum absolute atomic E-state index is 0.324. The second-order valence-corrected chi connectivity index (χ2v) is 7.19. The van der Waals surface area contributed by atoms with Gasteiger partial charge in [-0.15, -0.1) is 0 Å². The summed E-state index contributed by atoms with van der Waals surface area (Å²) in [4.78, 5) is 11.6. The van der Waals surface area contributed by atoms with Crippen LogP contribution in [0.2, 0.25) is 0 Å². The van der Waals surface area contributed by atoms with Gasteiger partial charge in [0, 0.05) is 6.42 Å². The Morgan fingerprint density at radius 2 is 2.05 bits per heavy atom. The van der Waals surface area contributed by atoms with Crippen LogP contribution in [0, 0.1) is 17.3 Å². The fraction of sp³-hybridized carbons (Fsp3) is 0.824. The molecule has 3 aliphatic rings. The molecule has 0 N–H and O–H groups in total. The Bertz CT molecular complexity index is 409. The summed E-state index contributed by atoms with van der Waals surface area (Å²) in [7, 11) is 0. The fourth-order valence-electron chi connectivity index (χ4n) is 4.79. The maximum absolute atomic E-state index is 11.6. The molecule has 106 valence electrons. The summed E-state index contributed by atoms with van der Waals surface area (Å²) in [6, 6.07) is 0. The van der Waals surface area contributed by atoms with E-state index in [1.807, 2.05) is 6.08 Å². The standard InChI is InChI=1S/C17H26O2/c1-11(2)19-16-7-6-15-14-5-4-13(18)10-12(14)8-9-17(15,16)3/h10-11,14-16H,4-9H2,1-3H3. The van der Waals surface area contributed by atoms with Crippen LogP contribution in [0.1, 0.15) is 59.3 Å². The van der Waals surface area contributed by atoms with Crippen molar-refractivity contribution in [2.45, 2.75) is 71.5 Å². The van der Waals surface area contributed by atoms with E-state index in [4.69, 9.17) is 4.74 Å². The van der Waals surface area contributed by atoms with Crippen LogP contribution in [0.5, 0.6) is 0 Å². The lowest BCUT2D eigenvalue weighted by atomic mass is 9.59. The van der Waals surface area contributed by atoms with Gasteiger partial charge in [0.15, 0.2) is 5.78 Å². The van der Waals surface area contributed by atoms with E-state index in [1.165, 1.54) is 24.8 Å². The Labute approximate surface area is 116 Å². The molecular weight excluding hydrogens is 236 g/mol. The van der Waals surface area contributed by atoms with E-state index in [0.29, 0.717) is 29.3 Å². The fourth-order valence-corrected chi connectivity index (χ4v) is 4.79. The molecule has 2 fully saturated rings. The van der Waals surface area contributed by atoms with E-state index >= 15 is 0 Å². The topological polar surface area (TPSA) is 26.3 Å². The molecule has 4 unspecified atom stereocenters. The molecule has 0 heterocycles. The van der Waals surface area contributed by atoms with Gasteiger partial charge in [0.05, 0.1) is 12.2 Å². The highest BCUT2D eigenvalue weighted by Crippen LogP contribution is 2.58. The summed E-state index contributed by atoms with van der Waals surface area (Å²) in [5.74, 6) is 1.75. The number of rotatable bonds is 2. The third-order valence-corrected chi connectivity index (χ3v) is 5.72. The second kappa shape index (κ2) is 4.73. The number of ketones is 1. The van der Waals surface area contributed by atoms with Crippen molar-refractivity contribution in [3.63, 3.8) is 0 Å². The molecule has 0 bridgehead atoms. The number of hydrogen-bond acceptors (Lipinski definition) is 2. The van der Waals surface area contributed by atoms with Crippen molar-refractivity contribution in [1.82, 2.24) is 0 Å². The Kier molecular flexibility index (Phi) is 3.33. The van der Waals surface area contributed by atoms with Crippen LogP contribution in [0.3, 0.4) is 0 Å². The molecule has 0 saturated heterocycles. The molecule has 3 rings (SSSR count). The van der Waals surface area contributed by atoms with Gasteiger partial charge in [-0.05, 0) is 69.3 Å². The largest absolute Gasteiger partial charge is 0.375 e. The van der Waals surface area contributed by atoms with Crippen LogP contribution in [-0.2, 0) is 9.53 Å². The number of ether oxygens (including phenoxy) is 1. The van der Waals surface area contributed by atoms with Crippen LogP contribution in [0.15, 0.2) is 11.6 Å². The third kappa shape index (κ3) is 2.18. The molecular formula is C17H26O2. The Morgan fingerprint density at radius 1 is 1.26 bits per heavy atom. The lowest BCUT2D eigenvalue weighted by molar-refractivity contribution is -0.116. The number of allylic oxidation sites excluding steroid dienone is 2. The maximum Gasteiger partial charge on any atom is 0.155 e. The van der Waals surface area contributed by atoms with E-state index in [9.17, 15) is 4.79 Å². The lowest BCUT2D eigenvalue weighted by Crippen LogP contribution is -2.43. The van der Waals surface area contributed by atoms with Crippen LogP contribution in [0.4, 0.5) is 0 Å². The molecule has 0 amide bonds. The molecule has 0 aromatic heterocycles. The Balaban J connectivity index is 1.83. The van der Waals surface area contributed by atoms with Crippen molar-refractivity contribution in [1.29, 1.82) is 0 Å². The second-order valence-electron chi connectivity index (χ2n) is 7.19. The molecule has 3 aliphatic carbocycles. The minimum Gasteiger partial charge on any atom is -0.375 e. The van der Waals surface area contributed by atoms with E-state index in [2.05, 4.69) is 20.8 Å². The first kappa shape index (κ1) is 13.4. The quantitative estimate of drug-likeness (QED) is 0.754.